The number of hydrogen-bond donors (Lipinski definition) is 1. The summed E-state index contributed by atoms with van der Waals surface area (Å²) < 4.78 is 0. The Hall–Kier alpha value is -1.19. The lowest BCUT2D eigenvalue weighted by Crippen LogP contribution is -2.31. The molecule has 0 saturated carbocycles. The Balaban J connectivity index is 2.91. The van der Waals surface area contributed by atoms with Crippen LogP contribution in [0.1, 0.15) is 52.4 Å². The van der Waals surface area contributed by atoms with Gasteiger partial charge in [0, 0.05) is 5.54 Å². The van der Waals surface area contributed by atoms with E-state index in [0.717, 1.165) is 30.7 Å². The van der Waals surface area contributed by atoms with Gasteiger partial charge < -0.3 is 5.32 Å². The minimum atomic E-state index is 0.0143. The van der Waals surface area contributed by atoms with Gasteiger partial charge in [0.1, 0.15) is 0 Å². The summed E-state index contributed by atoms with van der Waals surface area (Å²) in [6.45, 7) is 10.6. The van der Waals surface area contributed by atoms with Crippen molar-refractivity contribution in [2.75, 3.05) is 5.32 Å². The van der Waals surface area contributed by atoms with Crippen molar-refractivity contribution in [3.8, 4) is 0 Å². The van der Waals surface area contributed by atoms with Crippen LogP contribution in [-0.2, 0) is 12.8 Å². The zero-order chi connectivity index (χ0) is 12.2. The lowest BCUT2D eigenvalue weighted by Gasteiger charge is -2.24. The molecule has 0 saturated heterocycles. The monoisotopic (exact) mass is 222 g/mol. The molecule has 90 valence electrons. The molecule has 0 aliphatic carbocycles. The van der Waals surface area contributed by atoms with Gasteiger partial charge in [-0.05, 0) is 33.1 Å². The number of anilines is 1. The Bertz CT molecular complexity index is 347. The molecule has 1 aromatic heterocycles. The average Bonchev–Trinajstić information content (AvgIpc) is 2.28. The predicted molar refractivity (Wildman–Crippen MR) is 66.6 cm³/mol. The van der Waals surface area contributed by atoms with E-state index in [9.17, 15) is 0 Å². The van der Waals surface area contributed by atoms with Gasteiger partial charge in [0.25, 0.3) is 0 Å². The molecule has 1 aromatic rings. The van der Waals surface area contributed by atoms with Crippen LogP contribution in [0.15, 0.2) is 0 Å². The molecule has 1 heterocycles. The highest BCUT2D eigenvalue weighted by Crippen LogP contribution is 2.15. The summed E-state index contributed by atoms with van der Waals surface area (Å²) in [7, 11) is 0. The van der Waals surface area contributed by atoms with Crippen molar-refractivity contribution in [1.82, 2.24) is 15.2 Å². The fourth-order valence-electron chi connectivity index (χ4n) is 1.38. The predicted octanol–water partition coefficient (Wildman–Crippen LogP) is 2.60. The average molecular weight is 222 g/mol. The Morgan fingerprint density at radius 3 is 2.12 bits per heavy atom. The molecule has 0 amide bonds. The summed E-state index contributed by atoms with van der Waals surface area (Å²) in [6, 6.07) is 0. The smallest absolute Gasteiger partial charge is 0.243 e. The molecule has 0 spiro atoms. The molecular formula is C12H22N4. The summed E-state index contributed by atoms with van der Waals surface area (Å²) in [5.74, 6) is 0.640. The molecule has 0 radical (unpaired) electrons. The van der Waals surface area contributed by atoms with Crippen molar-refractivity contribution >= 4 is 5.95 Å². The van der Waals surface area contributed by atoms with Crippen LogP contribution < -0.4 is 5.32 Å². The van der Waals surface area contributed by atoms with E-state index in [4.69, 9.17) is 0 Å². The van der Waals surface area contributed by atoms with Gasteiger partial charge in [0.15, 0.2) is 0 Å². The molecular weight excluding hydrogens is 200 g/mol. The van der Waals surface area contributed by atoms with Crippen molar-refractivity contribution in [2.24, 2.45) is 0 Å². The lowest BCUT2D eigenvalue weighted by molar-refractivity contribution is 0.539. The van der Waals surface area contributed by atoms with Gasteiger partial charge in [-0.25, -0.2) is 4.98 Å². The van der Waals surface area contributed by atoms with Gasteiger partial charge in [-0.1, -0.05) is 20.8 Å². The highest BCUT2D eigenvalue weighted by atomic mass is 15.3. The second-order valence-electron chi connectivity index (χ2n) is 4.60. The van der Waals surface area contributed by atoms with Crippen molar-refractivity contribution in [2.45, 2.75) is 59.4 Å². The summed E-state index contributed by atoms with van der Waals surface area (Å²) >= 11 is 0. The SMILES string of the molecule is CCc1nnc(NC(C)(C)CC)nc1CC. The molecule has 1 rings (SSSR count). The molecule has 1 N–H and O–H groups in total. The van der Waals surface area contributed by atoms with E-state index in [1.807, 2.05) is 0 Å². The van der Waals surface area contributed by atoms with E-state index < -0.39 is 0 Å². The molecule has 16 heavy (non-hydrogen) atoms. The first kappa shape index (κ1) is 12.9. The number of aryl methyl sites for hydroxylation is 2. The van der Waals surface area contributed by atoms with Gasteiger partial charge in [-0.3, -0.25) is 0 Å². The molecule has 0 atom stereocenters. The molecule has 4 heteroatoms. The Kier molecular flexibility index (Phi) is 4.21. The van der Waals surface area contributed by atoms with Gasteiger partial charge in [0.2, 0.25) is 5.95 Å². The number of rotatable bonds is 5. The van der Waals surface area contributed by atoms with Crippen molar-refractivity contribution in [3.63, 3.8) is 0 Å². The molecule has 0 aliphatic rings. The topological polar surface area (TPSA) is 50.7 Å². The summed E-state index contributed by atoms with van der Waals surface area (Å²) in [4.78, 5) is 4.51. The highest BCUT2D eigenvalue weighted by molar-refractivity contribution is 5.29. The number of aromatic nitrogens is 3. The van der Waals surface area contributed by atoms with Gasteiger partial charge in [-0.2, -0.15) is 5.10 Å². The van der Waals surface area contributed by atoms with Crippen LogP contribution in [0.5, 0.6) is 0 Å². The first-order chi connectivity index (χ1) is 7.52. The minimum Gasteiger partial charge on any atom is -0.348 e. The largest absolute Gasteiger partial charge is 0.348 e. The molecule has 4 nitrogen and oxygen atoms in total. The molecule has 0 unspecified atom stereocenters. The van der Waals surface area contributed by atoms with E-state index in [1.54, 1.807) is 0 Å². The standard InChI is InChI=1S/C12H22N4/c1-6-9-10(7-2)15-16-11(13-9)14-12(4,5)8-3/h6-8H2,1-5H3,(H,13,14,16). The van der Waals surface area contributed by atoms with E-state index in [2.05, 4.69) is 55.1 Å². The fourth-order valence-corrected chi connectivity index (χ4v) is 1.38. The van der Waals surface area contributed by atoms with Crippen LogP contribution in [-0.4, -0.2) is 20.7 Å². The van der Waals surface area contributed by atoms with Crippen LogP contribution >= 0.6 is 0 Å². The van der Waals surface area contributed by atoms with Crippen LogP contribution in [0.4, 0.5) is 5.95 Å². The second kappa shape index (κ2) is 5.23. The summed E-state index contributed by atoms with van der Waals surface area (Å²) in [5, 5.41) is 11.6. The normalized spacial score (nSPS) is 11.6. The zero-order valence-electron chi connectivity index (χ0n) is 11.0. The van der Waals surface area contributed by atoms with Crippen LogP contribution in [0.25, 0.3) is 0 Å². The maximum Gasteiger partial charge on any atom is 0.243 e. The first-order valence-electron chi connectivity index (χ1n) is 6.03. The van der Waals surface area contributed by atoms with E-state index in [-0.39, 0.29) is 5.54 Å². The minimum absolute atomic E-state index is 0.0143. The number of nitrogens with one attached hydrogen (secondary N) is 1. The maximum absolute atomic E-state index is 4.51. The van der Waals surface area contributed by atoms with Gasteiger partial charge in [-0.15, -0.1) is 5.10 Å². The van der Waals surface area contributed by atoms with Gasteiger partial charge in [0.05, 0.1) is 11.4 Å². The number of nitrogens with zero attached hydrogens (tertiary/aromatic N) is 3. The fraction of sp³-hybridized carbons (Fsp3) is 0.750. The van der Waals surface area contributed by atoms with Crippen LogP contribution in [0, 0.1) is 0 Å². The summed E-state index contributed by atoms with van der Waals surface area (Å²) in [5.41, 5.74) is 2.06. The molecule has 0 aliphatic heterocycles. The molecule has 0 bridgehead atoms. The number of hydrogen-bond acceptors (Lipinski definition) is 4. The molecule has 0 fully saturated rings. The lowest BCUT2D eigenvalue weighted by atomic mass is 10.0. The highest BCUT2D eigenvalue weighted by Gasteiger charge is 2.16. The maximum atomic E-state index is 4.51. The zero-order valence-corrected chi connectivity index (χ0v) is 11.0. The first-order valence-corrected chi connectivity index (χ1v) is 6.03. The van der Waals surface area contributed by atoms with E-state index in [1.165, 1.54) is 0 Å². The summed E-state index contributed by atoms with van der Waals surface area (Å²) in [6.07, 6.45) is 2.81. The molecule has 0 aromatic carbocycles. The third-order valence-corrected chi connectivity index (χ3v) is 2.84. The third-order valence-electron chi connectivity index (χ3n) is 2.84. The Morgan fingerprint density at radius 2 is 1.62 bits per heavy atom. The van der Waals surface area contributed by atoms with Crippen LogP contribution in [0.2, 0.25) is 0 Å². The Labute approximate surface area is 97.9 Å². The van der Waals surface area contributed by atoms with Gasteiger partial charge >= 0.3 is 0 Å². The van der Waals surface area contributed by atoms with E-state index in [0.29, 0.717) is 5.95 Å². The van der Waals surface area contributed by atoms with Crippen molar-refractivity contribution < 1.29 is 0 Å². The quantitative estimate of drug-likeness (QED) is 0.832. The van der Waals surface area contributed by atoms with Crippen LogP contribution in [0.3, 0.4) is 0 Å². The Morgan fingerprint density at radius 1 is 1.00 bits per heavy atom. The van der Waals surface area contributed by atoms with Crippen molar-refractivity contribution in [3.05, 3.63) is 11.4 Å². The van der Waals surface area contributed by atoms with E-state index >= 15 is 0 Å². The van der Waals surface area contributed by atoms with Crippen molar-refractivity contribution in [1.29, 1.82) is 0 Å². The third kappa shape index (κ3) is 3.15. The second-order valence-corrected chi connectivity index (χ2v) is 4.60.